The summed E-state index contributed by atoms with van der Waals surface area (Å²) in [5.41, 5.74) is 2.49. The van der Waals surface area contributed by atoms with E-state index in [0.717, 1.165) is 0 Å². The van der Waals surface area contributed by atoms with Gasteiger partial charge in [0.1, 0.15) is 6.04 Å². The first-order valence-corrected chi connectivity index (χ1v) is 7.97. The Balaban J connectivity index is 2.76. The maximum Gasteiger partial charge on any atom is 1.20 e. The van der Waals surface area contributed by atoms with Gasteiger partial charge in [0, 0.05) is 6.42 Å². The number of nitrogens with two attached hydrogens (primary N) is 1. The molecule has 1 fully saturated rings. The first kappa shape index (κ1) is 19.8. The van der Waals surface area contributed by atoms with Crippen LogP contribution in [0.1, 0.15) is 25.7 Å². The second-order valence-corrected chi connectivity index (χ2v) is 6.22. The van der Waals surface area contributed by atoms with Crippen molar-refractivity contribution in [3.05, 3.63) is 0 Å². The molecule has 0 amide bonds. The third-order valence-electron chi connectivity index (χ3n) is 2.91. The maximum absolute atomic E-state index is 11.7. The molecule has 1 rings (SSSR count). The molecule has 2 atom stereocenters. The Morgan fingerprint density at radius 3 is 2.42 bits per heavy atom. The highest BCUT2D eigenvalue weighted by atomic mass is 27.3. The minimum atomic E-state index is -3.65. The van der Waals surface area contributed by atoms with Crippen molar-refractivity contribution in [2.24, 2.45) is 5.73 Å². The fraction of sp³-hybridized carbons (Fsp3) is 0.545. The van der Waals surface area contributed by atoms with Crippen molar-refractivity contribution >= 4 is 45.0 Å². The SMILES string of the molecule is N[C@@H]1CCC(=O)[O][Al]([O]C(=O)CC(O)(CC(=O)O)C(=O)O)[O]C1=O. The lowest BCUT2D eigenvalue weighted by Gasteiger charge is -2.22. The number of hydrogen-bond donors (Lipinski definition) is 4. The highest BCUT2D eigenvalue weighted by Crippen LogP contribution is 2.18. The molecule has 0 aromatic rings. The van der Waals surface area contributed by atoms with Crippen molar-refractivity contribution in [3.8, 4) is 0 Å². The van der Waals surface area contributed by atoms with Gasteiger partial charge in [-0.3, -0.25) is 19.2 Å². The Bertz CT molecular complexity index is 564. The van der Waals surface area contributed by atoms with Gasteiger partial charge in [0.25, 0.3) is 17.9 Å². The normalized spacial score (nSPS) is 20.8. The van der Waals surface area contributed by atoms with Gasteiger partial charge in [-0.2, -0.15) is 0 Å². The molecule has 24 heavy (non-hydrogen) atoms. The molecular weight excluding hydrogens is 349 g/mol. The molecule has 13 heteroatoms. The highest BCUT2D eigenvalue weighted by Gasteiger charge is 2.52. The fourth-order valence-corrected chi connectivity index (χ4v) is 2.80. The zero-order valence-corrected chi connectivity index (χ0v) is 13.3. The van der Waals surface area contributed by atoms with E-state index in [4.69, 9.17) is 15.9 Å². The van der Waals surface area contributed by atoms with E-state index in [0.29, 0.717) is 0 Å². The Morgan fingerprint density at radius 2 is 1.88 bits per heavy atom. The minimum Gasteiger partial charge on any atom is -0.551 e. The second-order valence-electron chi connectivity index (χ2n) is 4.93. The number of carbonyl (C=O) groups excluding carboxylic acids is 3. The zero-order chi connectivity index (χ0) is 18.5. The molecule has 0 saturated carbocycles. The third-order valence-corrected chi connectivity index (χ3v) is 4.24. The van der Waals surface area contributed by atoms with Gasteiger partial charge in [-0.15, -0.1) is 0 Å². The van der Waals surface area contributed by atoms with E-state index in [1.165, 1.54) is 0 Å². The Kier molecular flexibility index (Phi) is 6.67. The molecule has 1 aliphatic rings. The summed E-state index contributed by atoms with van der Waals surface area (Å²) < 4.78 is 13.9. The standard InChI is InChI=1S/C6H8O7.C5H9NO4.Al/c7-3(8)1-6(13,5(11)12)2-4(9)10;6-3(5(9)10)1-2-4(7)8;/h13H,1-2H2,(H,7,8)(H,9,10)(H,11,12);3H,1-2,6H2,(H,7,8)(H,9,10);/q;;+3/p-3/t;3-;/m.1./s1. The van der Waals surface area contributed by atoms with Gasteiger partial charge in [-0.25, -0.2) is 4.79 Å². The summed E-state index contributed by atoms with van der Waals surface area (Å²) in [6, 6.07) is -1.12. The minimum absolute atomic E-state index is 0.0237. The lowest BCUT2D eigenvalue weighted by Crippen LogP contribution is -2.46. The number of rotatable bonds is 6. The van der Waals surface area contributed by atoms with E-state index >= 15 is 0 Å². The average molecular weight is 363 g/mol. The van der Waals surface area contributed by atoms with Crippen molar-refractivity contribution < 1.29 is 50.7 Å². The van der Waals surface area contributed by atoms with Gasteiger partial charge in [-0.05, 0) is 6.42 Å². The molecule has 12 nitrogen and oxygen atoms in total. The molecule has 5 N–H and O–H groups in total. The quantitative estimate of drug-likeness (QED) is 0.359. The van der Waals surface area contributed by atoms with E-state index in [2.05, 4.69) is 11.4 Å². The topological polar surface area (TPSA) is 200 Å². The molecule has 1 unspecified atom stereocenters. The summed E-state index contributed by atoms with van der Waals surface area (Å²) in [6.07, 6.45) is -2.76. The van der Waals surface area contributed by atoms with Crippen molar-refractivity contribution in [2.45, 2.75) is 37.3 Å². The van der Waals surface area contributed by atoms with Crippen molar-refractivity contribution in [2.75, 3.05) is 0 Å². The van der Waals surface area contributed by atoms with Crippen molar-refractivity contribution in [3.63, 3.8) is 0 Å². The summed E-state index contributed by atoms with van der Waals surface area (Å²) in [6.45, 7) is 0. The molecule has 1 heterocycles. The number of aliphatic carboxylic acids is 2. The molecule has 0 spiro atoms. The van der Waals surface area contributed by atoms with Crippen LogP contribution < -0.4 is 5.73 Å². The van der Waals surface area contributed by atoms with E-state index < -0.39 is 69.5 Å². The number of carboxylic acids is 2. The van der Waals surface area contributed by atoms with E-state index in [1.54, 1.807) is 0 Å². The van der Waals surface area contributed by atoms with Crippen LogP contribution in [0, 0.1) is 0 Å². The summed E-state index contributed by atoms with van der Waals surface area (Å²) >= 11 is -3.65. The first-order chi connectivity index (χ1) is 11.0. The van der Waals surface area contributed by atoms with E-state index in [9.17, 15) is 29.1 Å². The Hall–Kier alpha value is -2.20. The van der Waals surface area contributed by atoms with E-state index in [1.807, 2.05) is 0 Å². The maximum atomic E-state index is 11.7. The van der Waals surface area contributed by atoms with Gasteiger partial charge in [0.15, 0.2) is 5.60 Å². The first-order valence-electron chi connectivity index (χ1n) is 6.56. The fourth-order valence-electron chi connectivity index (χ4n) is 1.66. The van der Waals surface area contributed by atoms with Crippen LogP contribution in [-0.2, 0) is 35.3 Å². The number of aliphatic hydroxyl groups is 1. The third kappa shape index (κ3) is 5.78. The molecule has 1 saturated heterocycles. The average Bonchev–Trinajstić information content (AvgIpc) is 2.42. The lowest BCUT2D eigenvalue weighted by atomic mass is 9.96. The monoisotopic (exact) mass is 363 g/mol. The molecule has 132 valence electrons. The number of carbonyl (C=O) groups is 5. The van der Waals surface area contributed by atoms with Gasteiger partial charge >= 0.3 is 27.1 Å². The largest absolute Gasteiger partial charge is 1.20 e. The molecule has 0 bridgehead atoms. The molecule has 0 aromatic heterocycles. The van der Waals surface area contributed by atoms with Crippen LogP contribution in [-0.4, -0.2) is 72.0 Å². The molecular formula is C11H14AlNO11. The van der Waals surface area contributed by atoms with Gasteiger partial charge in [0.2, 0.25) is 0 Å². The van der Waals surface area contributed by atoms with Crippen LogP contribution in [0.15, 0.2) is 0 Å². The van der Waals surface area contributed by atoms with Crippen molar-refractivity contribution in [1.82, 2.24) is 0 Å². The lowest BCUT2D eigenvalue weighted by molar-refractivity contribution is -0.170. The van der Waals surface area contributed by atoms with Crippen molar-refractivity contribution in [1.29, 1.82) is 0 Å². The number of carboxylic acid groups (broad SMARTS) is 2. The Labute approximate surface area is 139 Å². The molecule has 0 aromatic carbocycles. The van der Waals surface area contributed by atoms with Crippen LogP contribution in [0.4, 0.5) is 0 Å². The molecule has 1 aliphatic heterocycles. The Morgan fingerprint density at radius 1 is 1.25 bits per heavy atom. The molecule has 0 aliphatic carbocycles. The second kappa shape index (κ2) is 8.07. The predicted molar refractivity (Wildman–Crippen MR) is 70.7 cm³/mol. The number of hydrogen-bond acceptors (Lipinski definition) is 10. The summed E-state index contributed by atoms with van der Waals surface area (Å²) in [4.78, 5) is 56.1. The molecule has 0 radical (unpaired) electrons. The highest BCUT2D eigenvalue weighted by molar-refractivity contribution is 6.44. The van der Waals surface area contributed by atoms with Crippen LogP contribution >= 0.6 is 0 Å². The van der Waals surface area contributed by atoms with Crippen LogP contribution in [0.5, 0.6) is 0 Å². The summed E-state index contributed by atoms with van der Waals surface area (Å²) in [5.74, 6) is -6.84. The summed E-state index contributed by atoms with van der Waals surface area (Å²) in [5, 5.41) is 27.1. The van der Waals surface area contributed by atoms with Gasteiger partial charge < -0.3 is 32.4 Å². The van der Waals surface area contributed by atoms with Crippen LogP contribution in [0.3, 0.4) is 0 Å². The van der Waals surface area contributed by atoms with Gasteiger partial charge in [0.05, 0.1) is 12.8 Å². The van der Waals surface area contributed by atoms with Crippen LogP contribution in [0.25, 0.3) is 0 Å². The van der Waals surface area contributed by atoms with Crippen LogP contribution in [0.2, 0.25) is 0 Å². The smallest absolute Gasteiger partial charge is 0.551 e. The predicted octanol–water partition coefficient (Wildman–Crippen LogP) is -2.60. The zero-order valence-electron chi connectivity index (χ0n) is 12.2. The van der Waals surface area contributed by atoms with E-state index in [-0.39, 0.29) is 12.8 Å². The van der Waals surface area contributed by atoms with Gasteiger partial charge in [-0.1, -0.05) is 0 Å². The summed E-state index contributed by atoms with van der Waals surface area (Å²) in [7, 11) is 0.